The monoisotopic (exact) mass is 436 g/mol. The van der Waals surface area contributed by atoms with Gasteiger partial charge in [-0.25, -0.2) is 0 Å². The van der Waals surface area contributed by atoms with E-state index in [-0.39, 0.29) is 4.90 Å². The third-order valence-electron chi connectivity index (χ3n) is 5.34. The molecule has 31 heavy (non-hydrogen) atoms. The zero-order valence-electron chi connectivity index (χ0n) is 17.6. The van der Waals surface area contributed by atoms with E-state index in [4.69, 9.17) is 9.47 Å². The van der Waals surface area contributed by atoms with Gasteiger partial charge in [0.2, 0.25) is 0 Å². The molecule has 0 radical (unpaired) electrons. The van der Waals surface area contributed by atoms with Gasteiger partial charge in [0, 0.05) is 12.0 Å². The molecule has 3 aromatic rings. The number of benzene rings is 3. The highest BCUT2D eigenvalue weighted by molar-refractivity contribution is 7.89. The molecule has 7 heteroatoms. The van der Waals surface area contributed by atoms with Crippen molar-refractivity contribution in [2.45, 2.75) is 24.3 Å². The van der Waals surface area contributed by atoms with Gasteiger partial charge in [-0.1, -0.05) is 48.0 Å². The summed E-state index contributed by atoms with van der Waals surface area (Å²) in [4.78, 5) is 0.203. The lowest BCUT2D eigenvalue weighted by atomic mass is 9.98. The molecule has 1 aliphatic rings. The molecule has 0 amide bonds. The number of methoxy groups -OCH3 is 2. The molecular formula is C24H24N2O4S. The summed E-state index contributed by atoms with van der Waals surface area (Å²) < 4.78 is 39.1. The summed E-state index contributed by atoms with van der Waals surface area (Å²) in [7, 11) is -0.682. The Bertz CT molecular complexity index is 1210. The molecule has 1 unspecified atom stereocenters. The maximum atomic E-state index is 13.5. The average Bonchev–Trinajstić information content (AvgIpc) is 3.26. The smallest absolute Gasteiger partial charge is 0.279 e. The number of hydrogen-bond acceptors (Lipinski definition) is 5. The van der Waals surface area contributed by atoms with Crippen LogP contribution < -0.4 is 9.47 Å². The highest BCUT2D eigenvalue weighted by Gasteiger charge is 2.38. The van der Waals surface area contributed by atoms with E-state index in [2.05, 4.69) is 5.10 Å². The summed E-state index contributed by atoms with van der Waals surface area (Å²) in [6.45, 7) is 2.00. The Morgan fingerprint density at radius 1 is 0.935 bits per heavy atom. The standard InChI is InChI=1S/C24H24N2O4S/c1-17-9-11-18(12-10-17)23-16-22(21-15-19(29-2)13-14-24(21)30-3)25-26(23)31(27,28)20-7-5-4-6-8-20/h4-15,23H,16H2,1-3H3. The fourth-order valence-electron chi connectivity index (χ4n) is 3.65. The van der Waals surface area contributed by atoms with Crippen LogP contribution in [0.5, 0.6) is 11.5 Å². The van der Waals surface area contributed by atoms with E-state index >= 15 is 0 Å². The summed E-state index contributed by atoms with van der Waals surface area (Å²) >= 11 is 0. The highest BCUT2D eigenvalue weighted by Crippen LogP contribution is 2.39. The molecule has 0 fully saturated rings. The first-order valence-corrected chi connectivity index (χ1v) is 11.3. The lowest BCUT2D eigenvalue weighted by Gasteiger charge is -2.23. The van der Waals surface area contributed by atoms with Crippen molar-refractivity contribution >= 4 is 15.7 Å². The van der Waals surface area contributed by atoms with Crippen LogP contribution in [0.3, 0.4) is 0 Å². The van der Waals surface area contributed by atoms with Crippen LogP contribution in [0.25, 0.3) is 0 Å². The van der Waals surface area contributed by atoms with Gasteiger partial charge < -0.3 is 9.47 Å². The lowest BCUT2D eigenvalue weighted by Crippen LogP contribution is -2.27. The van der Waals surface area contributed by atoms with Crippen LogP contribution in [0.1, 0.15) is 29.2 Å². The Hall–Kier alpha value is -3.32. The molecule has 0 bridgehead atoms. The molecule has 1 aliphatic heterocycles. The predicted octanol–water partition coefficient (Wildman–Crippen LogP) is 4.55. The molecule has 0 saturated heterocycles. The Kier molecular flexibility index (Phi) is 5.69. The van der Waals surface area contributed by atoms with Crippen molar-refractivity contribution < 1.29 is 17.9 Å². The molecule has 0 spiro atoms. The number of hydrogen-bond donors (Lipinski definition) is 0. The molecule has 160 valence electrons. The van der Waals surface area contributed by atoms with E-state index in [1.165, 1.54) is 4.41 Å². The predicted molar refractivity (Wildman–Crippen MR) is 120 cm³/mol. The van der Waals surface area contributed by atoms with Gasteiger partial charge >= 0.3 is 0 Å². The molecule has 0 saturated carbocycles. The van der Waals surface area contributed by atoms with Gasteiger partial charge in [-0.05, 0) is 42.8 Å². The van der Waals surface area contributed by atoms with Crippen molar-refractivity contribution in [3.05, 3.63) is 89.5 Å². The molecule has 1 heterocycles. The number of aryl methyl sites for hydroxylation is 1. The number of rotatable bonds is 6. The zero-order chi connectivity index (χ0) is 22.0. The van der Waals surface area contributed by atoms with Gasteiger partial charge in [0.1, 0.15) is 11.5 Å². The van der Waals surface area contributed by atoms with Crippen LogP contribution in [-0.2, 0) is 10.0 Å². The van der Waals surface area contributed by atoms with Gasteiger partial charge in [0.15, 0.2) is 0 Å². The van der Waals surface area contributed by atoms with E-state index in [1.54, 1.807) is 56.7 Å². The first-order valence-electron chi connectivity index (χ1n) is 9.90. The summed E-state index contributed by atoms with van der Waals surface area (Å²) in [5, 5.41) is 4.60. The second kappa shape index (κ2) is 8.43. The first kappa shape index (κ1) is 20.9. The van der Waals surface area contributed by atoms with Crippen molar-refractivity contribution in [1.82, 2.24) is 4.41 Å². The fraction of sp³-hybridized carbons (Fsp3) is 0.208. The number of sulfonamides is 1. The topological polar surface area (TPSA) is 68.2 Å². The Labute approximate surface area is 182 Å². The van der Waals surface area contributed by atoms with Crippen LogP contribution in [0, 0.1) is 6.92 Å². The van der Waals surface area contributed by atoms with Gasteiger partial charge in [-0.2, -0.15) is 17.9 Å². The van der Waals surface area contributed by atoms with Gasteiger partial charge in [0.25, 0.3) is 10.0 Å². The molecule has 0 aliphatic carbocycles. The Morgan fingerprint density at radius 3 is 2.29 bits per heavy atom. The summed E-state index contributed by atoms with van der Waals surface area (Å²) in [6.07, 6.45) is 0.415. The maximum Gasteiger partial charge on any atom is 0.279 e. The van der Waals surface area contributed by atoms with Crippen LogP contribution in [0.2, 0.25) is 0 Å². The first-order chi connectivity index (χ1) is 14.9. The quantitative estimate of drug-likeness (QED) is 0.568. The Morgan fingerprint density at radius 2 is 1.65 bits per heavy atom. The minimum Gasteiger partial charge on any atom is -0.497 e. The van der Waals surface area contributed by atoms with Crippen molar-refractivity contribution in [3.63, 3.8) is 0 Å². The third kappa shape index (κ3) is 4.01. The minimum absolute atomic E-state index is 0.203. The SMILES string of the molecule is COc1ccc(OC)c(C2=NN(S(=O)(=O)c3ccccc3)C(c3ccc(C)cc3)C2)c1. The molecule has 0 aromatic heterocycles. The van der Waals surface area contributed by atoms with E-state index in [9.17, 15) is 8.42 Å². The summed E-state index contributed by atoms with van der Waals surface area (Å²) in [6, 6.07) is 21.2. The molecule has 6 nitrogen and oxygen atoms in total. The number of ether oxygens (including phenoxy) is 2. The second-order valence-electron chi connectivity index (χ2n) is 7.33. The van der Waals surface area contributed by atoms with Crippen molar-refractivity contribution in [1.29, 1.82) is 0 Å². The molecule has 4 rings (SSSR count). The van der Waals surface area contributed by atoms with Crippen LogP contribution in [0.4, 0.5) is 0 Å². The molecule has 1 atom stereocenters. The summed E-state index contributed by atoms with van der Waals surface area (Å²) in [5.74, 6) is 1.26. The zero-order valence-corrected chi connectivity index (χ0v) is 18.5. The number of hydrazone groups is 1. The summed E-state index contributed by atoms with van der Waals surface area (Å²) in [5.41, 5.74) is 3.33. The van der Waals surface area contributed by atoms with E-state index in [0.717, 1.165) is 11.1 Å². The van der Waals surface area contributed by atoms with E-state index in [1.807, 2.05) is 37.3 Å². The lowest BCUT2D eigenvalue weighted by molar-refractivity contribution is 0.371. The Balaban J connectivity index is 1.84. The van der Waals surface area contributed by atoms with Crippen LogP contribution >= 0.6 is 0 Å². The van der Waals surface area contributed by atoms with E-state index in [0.29, 0.717) is 29.2 Å². The highest BCUT2D eigenvalue weighted by atomic mass is 32.2. The normalized spacial score (nSPS) is 16.2. The second-order valence-corrected chi connectivity index (χ2v) is 9.13. The maximum absolute atomic E-state index is 13.5. The minimum atomic E-state index is -3.85. The number of nitrogens with zero attached hydrogens (tertiary/aromatic N) is 2. The molecule has 3 aromatic carbocycles. The van der Waals surface area contributed by atoms with Crippen LogP contribution in [0.15, 0.2) is 82.8 Å². The van der Waals surface area contributed by atoms with Gasteiger partial charge in [-0.15, -0.1) is 0 Å². The van der Waals surface area contributed by atoms with Crippen molar-refractivity contribution in [2.24, 2.45) is 5.10 Å². The average molecular weight is 437 g/mol. The molecule has 0 N–H and O–H groups in total. The van der Waals surface area contributed by atoms with Gasteiger partial charge in [-0.3, -0.25) is 0 Å². The molecular weight excluding hydrogens is 412 g/mol. The van der Waals surface area contributed by atoms with Crippen molar-refractivity contribution in [2.75, 3.05) is 14.2 Å². The largest absolute Gasteiger partial charge is 0.497 e. The van der Waals surface area contributed by atoms with Crippen molar-refractivity contribution in [3.8, 4) is 11.5 Å². The fourth-order valence-corrected chi connectivity index (χ4v) is 5.10. The third-order valence-corrected chi connectivity index (χ3v) is 7.04. The van der Waals surface area contributed by atoms with E-state index < -0.39 is 16.1 Å². The van der Waals surface area contributed by atoms with Crippen LogP contribution in [-0.4, -0.2) is 32.8 Å². The van der Waals surface area contributed by atoms with Gasteiger partial charge in [0.05, 0.1) is 30.9 Å².